The minimum Gasteiger partial charge on any atom is -0.489 e. The van der Waals surface area contributed by atoms with E-state index in [2.05, 4.69) is 28.7 Å². The highest BCUT2D eigenvalue weighted by Gasteiger charge is 2.10. The molecule has 2 aromatic carbocycles. The molecule has 0 radical (unpaired) electrons. The van der Waals surface area contributed by atoms with E-state index in [-0.39, 0.29) is 0 Å². The summed E-state index contributed by atoms with van der Waals surface area (Å²) in [4.78, 5) is 11.1. The Hall–Kier alpha value is -1.66. The molecule has 0 saturated heterocycles. The van der Waals surface area contributed by atoms with Crippen LogP contribution < -0.4 is 14.8 Å². The molecule has 20 heavy (non-hydrogen) atoms. The van der Waals surface area contributed by atoms with E-state index in [1.165, 1.54) is 0 Å². The van der Waals surface area contributed by atoms with Gasteiger partial charge in [0, 0.05) is 10.5 Å². The van der Waals surface area contributed by atoms with Crippen LogP contribution in [-0.4, -0.2) is 6.03 Å². The third-order valence-electron chi connectivity index (χ3n) is 2.56. The molecule has 6 heteroatoms. The number of ether oxygens (including phenoxy) is 1. The van der Waals surface area contributed by atoms with E-state index in [9.17, 15) is 4.79 Å². The molecule has 0 atom stereocenters. The van der Waals surface area contributed by atoms with Gasteiger partial charge in [0.25, 0.3) is 0 Å². The maximum absolute atomic E-state index is 11.1. The van der Waals surface area contributed by atoms with Gasteiger partial charge in [-0.1, -0.05) is 59.1 Å². The predicted molar refractivity (Wildman–Crippen MR) is 86.0 cm³/mol. The molecule has 2 aromatic rings. The molecule has 0 heterocycles. The molecular weight excluding hydrogens is 340 g/mol. The first-order chi connectivity index (χ1) is 9.56. The summed E-state index contributed by atoms with van der Waals surface area (Å²) in [5.74, 6) is 0.624. The molecule has 0 fully saturated rings. The molecule has 0 aliphatic rings. The van der Waals surface area contributed by atoms with Crippen molar-refractivity contribution in [2.75, 3.05) is 4.31 Å². The number of carbonyl (C=O) groups excluding carboxylic acids is 1. The fraction of sp³-hybridized carbons (Fsp3) is 0.0714. The lowest BCUT2D eigenvalue weighted by Crippen LogP contribution is -2.27. The van der Waals surface area contributed by atoms with E-state index in [1.54, 1.807) is 12.1 Å². The molecule has 0 aliphatic heterocycles. The molecule has 0 spiro atoms. The van der Waals surface area contributed by atoms with E-state index in [0.717, 1.165) is 14.3 Å². The highest BCUT2D eigenvalue weighted by Crippen LogP contribution is 2.28. The van der Waals surface area contributed by atoms with Crippen LogP contribution in [0.1, 0.15) is 5.56 Å². The second-order valence-electron chi connectivity index (χ2n) is 4.07. The van der Waals surface area contributed by atoms with Crippen molar-refractivity contribution in [2.24, 2.45) is 5.73 Å². The van der Waals surface area contributed by atoms with Crippen molar-refractivity contribution in [3.63, 3.8) is 0 Å². The Kier molecular flexibility index (Phi) is 4.92. The number of anilines is 1. The number of carbonyl (C=O) groups is 1. The number of amides is 2. The monoisotopic (exact) mass is 352 g/mol. The van der Waals surface area contributed by atoms with Gasteiger partial charge >= 0.3 is 6.03 Å². The fourth-order valence-corrected chi connectivity index (χ4v) is 2.20. The van der Waals surface area contributed by atoms with Gasteiger partial charge in [-0.15, -0.1) is 0 Å². The highest BCUT2D eigenvalue weighted by molar-refractivity contribution is 9.10. The number of halogens is 1. The van der Waals surface area contributed by atoms with E-state index in [0.29, 0.717) is 18.0 Å². The molecule has 2 amide bonds. The van der Waals surface area contributed by atoms with Gasteiger partial charge in [0.1, 0.15) is 12.4 Å². The predicted octanol–water partition coefficient (Wildman–Crippen LogP) is 3.76. The standard InChI is InChI=1S/C14H13BrN2O2S/c15-11-6-12(17(20)14(16)18)8-13(7-11)19-9-10-4-2-1-3-5-10/h1-8,20H,9H2,(H2,16,18). The lowest BCUT2D eigenvalue weighted by molar-refractivity contribution is 0.257. The zero-order chi connectivity index (χ0) is 14.5. The van der Waals surface area contributed by atoms with Gasteiger partial charge in [-0.25, -0.2) is 9.10 Å². The summed E-state index contributed by atoms with van der Waals surface area (Å²) in [7, 11) is 0. The van der Waals surface area contributed by atoms with Crippen LogP contribution in [0.5, 0.6) is 5.75 Å². The van der Waals surface area contributed by atoms with Crippen LogP contribution in [-0.2, 0) is 6.61 Å². The Morgan fingerprint density at radius 2 is 1.95 bits per heavy atom. The molecule has 2 N–H and O–H groups in total. The highest BCUT2D eigenvalue weighted by atomic mass is 79.9. The number of primary amides is 1. The first kappa shape index (κ1) is 14.7. The largest absolute Gasteiger partial charge is 0.489 e. The summed E-state index contributed by atoms with van der Waals surface area (Å²) in [6, 6.07) is 14.4. The zero-order valence-electron chi connectivity index (χ0n) is 10.5. The number of benzene rings is 2. The molecule has 104 valence electrons. The van der Waals surface area contributed by atoms with Gasteiger partial charge in [0.15, 0.2) is 0 Å². The summed E-state index contributed by atoms with van der Waals surface area (Å²) < 4.78 is 7.53. The normalized spacial score (nSPS) is 10.1. The fourth-order valence-electron chi connectivity index (χ4n) is 1.62. The lowest BCUT2D eigenvalue weighted by atomic mass is 10.2. The van der Waals surface area contributed by atoms with E-state index in [1.807, 2.05) is 36.4 Å². The van der Waals surface area contributed by atoms with Crippen molar-refractivity contribution in [3.8, 4) is 5.75 Å². The first-order valence-electron chi connectivity index (χ1n) is 5.82. The average Bonchev–Trinajstić information content (AvgIpc) is 2.44. The molecule has 0 unspecified atom stereocenters. The quantitative estimate of drug-likeness (QED) is 0.823. The van der Waals surface area contributed by atoms with Crippen molar-refractivity contribution in [3.05, 3.63) is 58.6 Å². The number of hydrogen-bond acceptors (Lipinski definition) is 3. The average molecular weight is 353 g/mol. The second kappa shape index (κ2) is 6.67. The van der Waals surface area contributed by atoms with Gasteiger partial charge < -0.3 is 10.5 Å². The van der Waals surface area contributed by atoms with Crippen LogP contribution in [0.15, 0.2) is 53.0 Å². The SMILES string of the molecule is NC(=O)N(S)c1cc(Br)cc(OCc2ccccc2)c1. The summed E-state index contributed by atoms with van der Waals surface area (Å²) in [6.07, 6.45) is 0. The van der Waals surface area contributed by atoms with Crippen LogP contribution in [0.25, 0.3) is 0 Å². The number of rotatable bonds is 4. The Morgan fingerprint density at radius 1 is 1.25 bits per heavy atom. The van der Waals surface area contributed by atoms with Crippen molar-refractivity contribution in [2.45, 2.75) is 6.61 Å². The lowest BCUT2D eigenvalue weighted by Gasteiger charge is -2.15. The topological polar surface area (TPSA) is 55.6 Å². The van der Waals surface area contributed by atoms with Crippen molar-refractivity contribution < 1.29 is 9.53 Å². The molecule has 0 aromatic heterocycles. The van der Waals surface area contributed by atoms with Crippen LogP contribution in [0.2, 0.25) is 0 Å². The van der Waals surface area contributed by atoms with Crippen molar-refractivity contribution in [1.82, 2.24) is 0 Å². The van der Waals surface area contributed by atoms with Gasteiger partial charge in [-0.3, -0.25) is 0 Å². The van der Waals surface area contributed by atoms with Gasteiger partial charge in [-0.2, -0.15) is 0 Å². The molecule has 2 rings (SSSR count). The minimum absolute atomic E-state index is 0.444. The summed E-state index contributed by atoms with van der Waals surface area (Å²) in [5.41, 5.74) is 6.79. The van der Waals surface area contributed by atoms with Crippen LogP contribution in [0.4, 0.5) is 10.5 Å². The van der Waals surface area contributed by atoms with Crippen molar-refractivity contribution in [1.29, 1.82) is 0 Å². The van der Waals surface area contributed by atoms with E-state index >= 15 is 0 Å². The Balaban J connectivity index is 2.14. The smallest absolute Gasteiger partial charge is 0.329 e. The van der Waals surface area contributed by atoms with Crippen LogP contribution >= 0.6 is 28.7 Å². The summed E-state index contributed by atoms with van der Waals surface area (Å²) in [6.45, 7) is 0.444. The number of urea groups is 1. The number of hydrogen-bond donors (Lipinski definition) is 2. The molecule has 4 nitrogen and oxygen atoms in total. The Morgan fingerprint density at radius 3 is 2.60 bits per heavy atom. The molecule has 0 aliphatic carbocycles. The third kappa shape index (κ3) is 3.91. The number of thiol groups is 1. The summed E-state index contributed by atoms with van der Waals surface area (Å²) >= 11 is 7.39. The Labute approximate surface area is 131 Å². The van der Waals surface area contributed by atoms with Crippen LogP contribution in [0, 0.1) is 0 Å². The van der Waals surface area contributed by atoms with E-state index in [4.69, 9.17) is 10.5 Å². The van der Waals surface area contributed by atoms with Crippen LogP contribution in [0.3, 0.4) is 0 Å². The first-order valence-corrected chi connectivity index (χ1v) is 7.01. The molecule has 0 saturated carbocycles. The molecular formula is C14H13BrN2O2S. The zero-order valence-corrected chi connectivity index (χ0v) is 13.0. The van der Waals surface area contributed by atoms with Gasteiger partial charge in [0.2, 0.25) is 0 Å². The second-order valence-corrected chi connectivity index (χ2v) is 5.39. The maximum atomic E-state index is 11.1. The van der Waals surface area contributed by atoms with Crippen molar-refractivity contribution >= 4 is 40.5 Å². The number of nitrogens with two attached hydrogens (primary N) is 1. The Bertz CT molecular complexity index is 607. The number of nitrogens with zero attached hydrogens (tertiary/aromatic N) is 1. The van der Waals surface area contributed by atoms with Gasteiger partial charge in [0.05, 0.1) is 5.69 Å². The minimum atomic E-state index is -0.652. The third-order valence-corrected chi connectivity index (χ3v) is 3.44. The summed E-state index contributed by atoms with van der Waals surface area (Å²) in [5, 5.41) is 0. The molecule has 0 bridgehead atoms. The maximum Gasteiger partial charge on any atom is 0.329 e. The van der Waals surface area contributed by atoms with Gasteiger partial charge in [-0.05, 0) is 17.7 Å². The van der Waals surface area contributed by atoms with E-state index < -0.39 is 6.03 Å².